The highest BCUT2D eigenvalue weighted by Gasteiger charge is 2.31. The summed E-state index contributed by atoms with van der Waals surface area (Å²) in [6.45, 7) is 6.04. The van der Waals surface area contributed by atoms with Crippen molar-refractivity contribution in [3.05, 3.63) is 0 Å². The minimum atomic E-state index is 0.634. The fourth-order valence-electron chi connectivity index (χ4n) is 2.60. The summed E-state index contributed by atoms with van der Waals surface area (Å²) < 4.78 is 0. The van der Waals surface area contributed by atoms with Crippen molar-refractivity contribution in [2.75, 3.05) is 19.6 Å². The van der Waals surface area contributed by atoms with Crippen molar-refractivity contribution in [3.63, 3.8) is 0 Å². The van der Waals surface area contributed by atoms with Crippen molar-refractivity contribution >= 4 is 0 Å². The highest BCUT2D eigenvalue weighted by molar-refractivity contribution is 4.86. The molecule has 14 heavy (non-hydrogen) atoms. The number of piperidine rings is 1. The van der Waals surface area contributed by atoms with E-state index in [1.807, 2.05) is 0 Å². The molecule has 0 radical (unpaired) electrons. The van der Waals surface area contributed by atoms with Gasteiger partial charge in [-0.15, -0.1) is 0 Å². The molecule has 0 aromatic carbocycles. The van der Waals surface area contributed by atoms with Gasteiger partial charge in [0.05, 0.1) is 0 Å². The van der Waals surface area contributed by atoms with Crippen LogP contribution in [0.5, 0.6) is 0 Å². The molecule has 0 bridgehead atoms. The summed E-state index contributed by atoms with van der Waals surface area (Å²) >= 11 is 0. The Balaban J connectivity index is 1.57. The van der Waals surface area contributed by atoms with Crippen LogP contribution < -0.4 is 10.6 Å². The summed E-state index contributed by atoms with van der Waals surface area (Å²) in [6, 6.07) is 0.743. The zero-order valence-electron chi connectivity index (χ0n) is 9.44. The molecule has 2 nitrogen and oxygen atoms in total. The first-order valence-corrected chi connectivity index (χ1v) is 6.23. The van der Waals surface area contributed by atoms with Gasteiger partial charge in [0.25, 0.3) is 0 Å². The van der Waals surface area contributed by atoms with Gasteiger partial charge in [-0.2, -0.15) is 0 Å². The SMILES string of the molecule is CC1(CNCC2CCCCN2)CCC1. The van der Waals surface area contributed by atoms with Crippen LogP contribution in [0.4, 0.5) is 0 Å². The lowest BCUT2D eigenvalue weighted by molar-refractivity contribution is 0.154. The van der Waals surface area contributed by atoms with E-state index in [0.717, 1.165) is 6.04 Å². The third kappa shape index (κ3) is 2.71. The molecule has 0 spiro atoms. The second-order valence-corrected chi connectivity index (χ2v) is 5.44. The molecular formula is C12H24N2. The second-order valence-electron chi connectivity index (χ2n) is 5.44. The van der Waals surface area contributed by atoms with E-state index >= 15 is 0 Å². The average Bonchev–Trinajstić information content (AvgIpc) is 2.17. The van der Waals surface area contributed by atoms with E-state index in [1.54, 1.807) is 0 Å². The van der Waals surface area contributed by atoms with Gasteiger partial charge in [0.15, 0.2) is 0 Å². The van der Waals surface area contributed by atoms with Gasteiger partial charge < -0.3 is 10.6 Å². The molecule has 1 aliphatic heterocycles. The summed E-state index contributed by atoms with van der Waals surface area (Å²) in [4.78, 5) is 0. The van der Waals surface area contributed by atoms with Crippen LogP contribution in [-0.2, 0) is 0 Å². The Morgan fingerprint density at radius 3 is 2.71 bits per heavy atom. The molecule has 2 rings (SSSR count). The average molecular weight is 196 g/mol. The van der Waals surface area contributed by atoms with E-state index in [-0.39, 0.29) is 0 Å². The highest BCUT2D eigenvalue weighted by atomic mass is 15.0. The lowest BCUT2D eigenvalue weighted by atomic mass is 9.70. The van der Waals surface area contributed by atoms with Crippen LogP contribution >= 0.6 is 0 Å². The Bertz CT molecular complexity index is 169. The molecule has 1 saturated carbocycles. The minimum absolute atomic E-state index is 0.634. The van der Waals surface area contributed by atoms with Crippen molar-refractivity contribution in [3.8, 4) is 0 Å². The van der Waals surface area contributed by atoms with Crippen molar-refractivity contribution < 1.29 is 0 Å². The molecule has 0 amide bonds. The lowest BCUT2D eigenvalue weighted by Gasteiger charge is -2.39. The van der Waals surface area contributed by atoms with Gasteiger partial charge in [0.2, 0.25) is 0 Å². The summed E-state index contributed by atoms with van der Waals surface area (Å²) in [6.07, 6.45) is 8.45. The van der Waals surface area contributed by atoms with Crippen LogP contribution in [-0.4, -0.2) is 25.7 Å². The summed E-state index contributed by atoms with van der Waals surface area (Å²) in [5.41, 5.74) is 0.634. The standard InChI is InChI=1S/C12H24N2/c1-12(6-4-7-12)10-13-9-11-5-2-3-8-14-11/h11,13-14H,2-10H2,1H3. The number of hydrogen-bond donors (Lipinski definition) is 2. The molecule has 2 heteroatoms. The fourth-order valence-corrected chi connectivity index (χ4v) is 2.60. The number of rotatable bonds is 4. The van der Waals surface area contributed by atoms with Gasteiger partial charge in [0, 0.05) is 19.1 Å². The van der Waals surface area contributed by atoms with Crippen LogP contribution in [0.15, 0.2) is 0 Å². The topological polar surface area (TPSA) is 24.1 Å². The Labute approximate surface area is 87.8 Å². The molecule has 1 atom stereocenters. The molecule has 1 aliphatic carbocycles. The first kappa shape index (κ1) is 10.4. The predicted octanol–water partition coefficient (Wildman–Crippen LogP) is 1.91. The Kier molecular flexibility index (Phi) is 3.45. The molecule has 82 valence electrons. The monoisotopic (exact) mass is 196 g/mol. The van der Waals surface area contributed by atoms with Crippen molar-refractivity contribution in [1.82, 2.24) is 10.6 Å². The Morgan fingerprint density at radius 1 is 1.29 bits per heavy atom. The molecular weight excluding hydrogens is 172 g/mol. The summed E-state index contributed by atoms with van der Waals surface area (Å²) in [7, 11) is 0. The van der Waals surface area contributed by atoms with Crippen molar-refractivity contribution in [2.45, 2.75) is 51.5 Å². The molecule has 2 N–H and O–H groups in total. The molecule has 1 heterocycles. The number of nitrogens with one attached hydrogen (secondary N) is 2. The molecule has 0 aromatic rings. The molecule has 0 aromatic heterocycles. The highest BCUT2D eigenvalue weighted by Crippen LogP contribution is 2.39. The first-order valence-electron chi connectivity index (χ1n) is 6.23. The lowest BCUT2D eigenvalue weighted by Crippen LogP contribution is -2.45. The van der Waals surface area contributed by atoms with E-state index in [0.29, 0.717) is 5.41 Å². The van der Waals surface area contributed by atoms with Crippen LogP contribution in [0, 0.1) is 5.41 Å². The normalized spacial score (nSPS) is 31.1. The van der Waals surface area contributed by atoms with Gasteiger partial charge in [-0.3, -0.25) is 0 Å². The van der Waals surface area contributed by atoms with E-state index in [4.69, 9.17) is 0 Å². The van der Waals surface area contributed by atoms with Crippen LogP contribution in [0.1, 0.15) is 45.4 Å². The maximum atomic E-state index is 3.64. The van der Waals surface area contributed by atoms with Crippen LogP contribution in [0.3, 0.4) is 0 Å². The minimum Gasteiger partial charge on any atom is -0.315 e. The smallest absolute Gasteiger partial charge is 0.0192 e. The Morgan fingerprint density at radius 2 is 2.14 bits per heavy atom. The van der Waals surface area contributed by atoms with Crippen LogP contribution in [0.2, 0.25) is 0 Å². The van der Waals surface area contributed by atoms with Gasteiger partial charge in [0.1, 0.15) is 0 Å². The van der Waals surface area contributed by atoms with Gasteiger partial charge >= 0.3 is 0 Å². The largest absolute Gasteiger partial charge is 0.315 e. The number of hydrogen-bond acceptors (Lipinski definition) is 2. The van der Waals surface area contributed by atoms with E-state index < -0.39 is 0 Å². The quantitative estimate of drug-likeness (QED) is 0.717. The second kappa shape index (κ2) is 4.63. The van der Waals surface area contributed by atoms with Crippen molar-refractivity contribution in [1.29, 1.82) is 0 Å². The van der Waals surface area contributed by atoms with Gasteiger partial charge in [-0.25, -0.2) is 0 Å². The zero-order chi connectivity index (χ0) is 9.86. The van der Waals surface area contributed by atoms with Crippen LogP contribution in [0.25, 0.3) is 0 Å². The zero-order valence-corrected chi connectivity index (χ0v) is 9.44. The molecule has 2 aliphatic rings. The van der Waals surface area contributed by atoms with E-state index in [9.17, 15) is 0 Å². The third-order valence-electron chi connectivity index (χ3n) is 3.92. The molecule has 1 unspecified atom stereocenters. The van der Waals surface area contributed by atoms with E-state index in [2.05, 4.69) is 17.6 Å². The maximum absolute atomic E-state index is 3.64. The molecule has 2 fully saturated rings. The summed E-state index contributed by atoms with van der Waals surface area (Å²) in [5, 5.41) is 7.21. The van der Waals surface area contributed by atoms with Gasteiger partial charge in [-0.05, 0) is 37.6 Å². The summed E-state index contributed by atoms with van der Waals surface area (Å²) in [5.74, 6) is 0. The fraction of sp³-hybridized carbons (Fsp3) is 1.00. The first-order chi connectivity index (χ1) is 6.79. The predicted molar refractivity (Wildman–Crippen MR) is 60.5 cm³/mol. The Hall–Kier alpha value is -0.0800. The van der Waals surface area contributed by atoms with Gasteiger partial charge in [-0.1, -0.05) is 19.8 Å². The third-order valence-corrected chi connectivity index (χ3v) is 3.92. The van der Waals surface area contributed by atoms with E-state index in [1.165, 1.54) is 58.2 Å². The molecule has 1 saturated heterocycles. The maximum Gasteiger partial charge on any atom is 0.0192 e. The van der Waals surface area contributed by atoms with Crippen molar-refractivity contribution in [2.24, 2.45) is 5.41 Å².